The lowest BCUT2D eigenvalue weighted by Crippen LogP contribution is -2.35. The van der Waals surface area contributed by atoms with E-state index in [2.05, 4.69) is 10.6 Å². The number of carbonyl (C=O) groups excluding carboxylic acids is 3. The molecule has 2 N–H and O–H groups in total. The van der Waals surface area contributed by atoms with Crippen molar-refractivity contribution < 1.29 is 33.0 Å². The monoisotopic (exact) mass is 408 g/mol. The van der Waals surface area contributed by atoms with Crippen LogP contribution in [0, 0.1) is 5.82 Å². The van der Waals surface area contributed by atoms with Crippen LogP contribution >= 0.6 is 0 Å². The molecule has 156 valence electrons. The number of hydrogen-bond donors (Lipinski definition) is 2. The van der Waals surface area contributed by atoms with Gasteiger partial charge in [0, 0.05) is 6.54 Å². The third-order valence-corrected chi connectivity index (χ3v) is 5.04. The van der Waals surface area contributed by atoms with Crippen molar-refractivity contribution >= 4 is 29.7 Å². The number of cyclic esters (lactones) is 1. The second kappa shape index (κ2) is 7.64. The Balaban J connectivity index is 1.38. The number of carbonyl (C=O) groups is 3. The fourth-order valence-electron chi connectivity index (χ4n) is 3.69. The van der Waals surface area contributed by atoms with Crippen LogP contribution in [0.2, 0.25) is 0 Å². The van der Waals surface area contributed by atoms with E-state index in [0.29, 0.717) is 24.5 Å². The molecule has 3 fully saturated rings. The number of benzene rings is 1. The molecule has 1 aromatic carbocycles. The second-order valence-corrected chi connectivity index (χ2v) is 6.95. The summed E-state index contributed by atoms with van der Waals surface area (Å²) >= 11 is 0. The predicted octanol–water partition coefficient (Wildman–Crippen LogP) is 1.19. The third kappa shape index (κ3) is 3.84. The quantitative estimate of drug-likeness (QED) is 0.705. The van der Waals surface area contributed by atoms with E-state index in [9.17, 15) is 18.8 Å². The minimum Gasteiger partial charge on any atom is -0.450 e. The fourth-order valence-corrected chi connectivity index (χ4v) is 3.69. The zero-order valence-corrected chi connectivity index (χ0v) is 15.7. The maximum absolute atomic E-state index is 14.7. The van der Waals surface area contributed by atoms with Crippen LogP contribution in [0.3, 0.4) is 0 Å². The first-order valence-corrected chi connectivity index (χ1v) is 9.35. The van der Waals surface area contributed by atoms with Gasteiger partial charge in [-0.3, -0.25) is 4.90 Å². The van der Waals surface area contributed by atoms with Crippen LogP contribution in [0.15, 0.2) is 18.2 Å². The van der Waals surface area contributed by atoms with Crippen LogP contribution in [0.1, 0.15) is 6.92 Å². The normalized spacial score (nSPS) is 25.4. The highest BCUT2D eigenvalue weighted by molar-refractivity contribution is 5.90. The largest absolute Gasteiger partial charge is 0.450 e. The molecule has 3 atom stereocenters. The van der Waals surface area contributed by atoms with Crippen LogP contribution in [0.5, 0.6) is 0 Å². The van der Waals surface area contributed by atoms with Crippen molar-refractivity contribution in [1.82, 2.24) is 10.6 Å². The van der Waals surface area contributed by atoms with Gasteiger partial charge in [0.2, 0.25) is 0 Å². The summed E-state index contributed by atoms with van der Waals surface area (Å²) in [5, 5.41) is 5.21. The summed E-state index contributed by atoms with van der Waals surface area (Å²) in [5.74, 6) is -0.491. The van der Waals surface area contributed by atoms with E-state index in [0.717, 1.165) is 0 Å². The molecule has 10 nitrogen and oxygen atoms in total. The Morgan fingerprint density at radius 1 is 1.31 bits per heavy atom. The molecule has 11 heteroatoms. The van der Waals surface area contributed by atoms with E-state index in [-0.39, 0.29) is 31.8 Å². The number of rotatable bonds is 5. The van der Waals surface area contributed by atoms with Crippen LogP contribution < -0.4 is 20.4 Å². The highest BCUT2D eigenvalue weighted by Gasteiger charge is 2.42. The van der Waals surface area contributed by atoms with Gasteiger partial charge in [0.05, 0.1) is 43.7 Å². The smallest absolute Gasteiger partial charge is 0.414 e. The average molecular weight is 408 g/mol. The zero-order chi connectivity index (χ0) is 20.5. The van der Waals surface area contributed by atoms with Gasteiger partial charge in [0.25, 0.3) is 0 Å². The maximum Gasteiger partial charge on any atom is 0.414 e. The van der Waals surface area contributed by atoms with Crippen LogP contribution in [0.4, 0.5) is 30.1 Å². The minimum atomic E-state index is -0.611. The molecule has 3 saturated heterocycles. The molecule has 3 aliphatic heterocycles. The van der Waals surface area contributed by atoms with Gasteiger partial charge in [-0.25, -0.2) is 18.8 Å². The van der Waals surface area contributed by atoms with Crippen LogP contribution in [-0.2, 0) is 14.2 Å². The molecule has 0 bridgehead atoms. The molecule has 29 heavy (non-hydrogen) atoms. The Bertz CT molecular complexity index is 821. The molecular weight excluding hydrogens is 387 g/mol. The van der Waals surface area contributed by atoms with Crippen molar-refractivity contribution in [3.63, 3.8) is 0 Å². The average Bonchev–Trinajstić information content (AvgIpc) is 3.32. The maximum atomic E-state index is 14.7. The number of amides is 3. The summed E-state index contributed by atoms with van der Waals surface area (Å²) in [7, 11) is 0. The predicted molar refractivity (Wildman–Crippen MR) is 98.4 cm³/mol. The lowest BCUT2D eigenvalue weighted by Gasteiger charge is -2.21. The summed E-state index contributed by atoms with van der Waals surface area (Å²) in [6.45, 7) is 3.05. The summed E-state index contributed by atoms with van der Waals surface area (Å²) in [5.41, 5.74) is 0.730. The van der Waals surface area contributed by atoms with Crippen molar-refractivity contribution in [3.8, 4) is 0 Å². The Morgan fingerprint density at radius 2 is 2.14 bits per heavy atom. The number of nitrogens with zero attached hydrogens (tertiary/aromatic N) is 2. The number of ether oxygens (including phenoxy) is 3. The van der Waals surface area contributed by atoms with Gasteiger partial charge in [0.15, 0.2) is 0 Å². The fraction of sp³-hybridized carbons (Fsp3) is 0.500. The van der Waals surface area contributed by atoms with Gasteiger partial charge in [-0.1, -0.05) is 0 Å². The number of hydrogen-bond acceptors (Lipinski definition) is 7. The molecule has 0 aromatic heterocycles. The molecular formula is C18H21FN4O6. The van der Waals surface area contributed by atoms with Crippen molar-refractivity contribution in [2.75, 3.05) is 42.6 Å². The topological polar surface area (TPSA) is 109 Å². The number of nitrogens with one attached hydrogen (secondary N) is 2. The number of anilines is 2. The standard InChI is InChI=1S/C18H21FN4O6/c1-2-27-16(24)20-6-11-7-23(18(26)28-11)10-3-4-14(12(19)5-10)22-8-13-15(9-22)29-17(25)21-13/h3-5,11,13,15H,2,6-9H2,1H3,(H,20,24)(H,21,25)/t11-,13?,15?/m0/s1. The van der Waals surface area contributed by atoms with Gasteiger partial charge in [-0.15, -0.1) is 0 Å². The van der Waals surface area contributed by atoms with Gasteiger partial charge >= 0.3 is 18.3 Å². The molecule has 3 heterocycles. The van der Waals surface area contributed by atoms with E-state index < -0.39 is 30.2 Å². The first-order chi connectivity index (χ1) is 13.9. The van der Waals surface area contributed by atoms with Crippen LogP contribution in [0.25, 0.3) is 0 Å². The SMILES string of the molecule is CCOC(=O)NC[C@H]1CN(c2ccc(N3CC4NC(=O)OC4C3)c(F)c2)C(=O)O1. The second-order valence-electron chi connectivity index (χ2n) is 6.95. The number of alkyl carbamates (subject to hydrolysis) is 2. The van der Waals surface area contributed by atoms with Gasteiger partial charge < -0.3 is 29.7 Å². The van der Waals surface area contributed by atoms with E-state index in [1.807, 2.05) is 0 Å². The number of fused-ring (bicyclic) bond motifs is 1. The van der Waals surface area contributed by atoms with Crippen molar-refractivity contribution in [2.24, 2.45) is 0 Å². The Labute approximate surface area is 165 Å². The Hall–Kier alpha value is -3.24. The molecule has 1 aromatic rings. The minimum absolute atomic E-state index is 0.101. The molecule has 2 unspecified atom stereocenters. The van der Waals surface area contributed by atoms with Gasteiger partial charge in [-0.05, 0) is 25.1 Å². The summed E-state index contributed by atoms with van der Waals surface area (Å²) in [4.78, 5) is 37.8. The van der Waals surface area contributed by atoms with E-state index in [1.54, 1.807) is 24.0 Å². The lowest BCUT2D eigenvalue weighted by molar-refractivity contribution is 0.127. The van der Waals surface area contributed by atoms with Crippen molar-refractivity contribution in [3.05, 3.63) is 24.0 Å². The number of halogens is 1. The van der Waals surface area contributed by atoms with E-state index >= 15 is 0 Å². The van der Waals surface area contributed by atoms with Gasteiger partial charge in [-0.2, -0.15) is 0 Å². The van der Waals surface area contributed by atoms with Crippen molar-refractivity contribution in [1.29, 1.82) is 0 Å². The third-order valence-electron chi connectivity index (χ3n) is 5.04. The summed E-state index contributed by atoms with van der Waals surface area (Å²) in [6.07, 6.45) is -2.52. The van der Waals surface area contributed by atoms with Crippen LogP contribution in [-0.4, -0.2) is 69.3 Å². The van der Waals surface area contributed by atoms with E-state index in [1.165, 1.54) is 11.0 Å². The lowest BCUT2D eigenvalue weighted by atomic mass is 10.2. The highest BCUT2D eigenvalue weighted by Crippen LogP contribution is 2.31. The Morgan fingerprint density at radius 3 is 2.86 bits per heavy atom. The first kappa shape index (κ1) is 19.1. The summed E-state index contributed by atoms with van der Waals surface area (Å²) < 4.78 is 29.9. The molecule has 0 saturated carbocycles. The molecule has 3 amide bonds. The van der Waals surface area contributed by atoms with E-state index in [4.69, 9.17) is 14.2 Å². The zero-order valence-electron chi connectivity index (χ0n) is 15.7. The van der Waals surface area contributed by atoms with Crippen molar-refractivity contribution in [2.45, 2.75) is 25.2 Å². The molecule has 0 radical (unpaired) electrons. The Kier molecular flexibility index (Phi) is 5.03. The summed E-state index contributed by atoms with van der Waals surface area (Å²) in [6, 6.07) is 4.33. The first-order valence-electron chi connectivity index (χ1n) is 9.35. The molecule has 0 aliphatic carbocycles. The molecule has 4 rings (SSSR count). The molecule has 3 aliphatic rings. The molecule has 0 spiro atoms. The van der Waals surface area contributed by atoms with Gasteiger partial charge in [0.1, 0.15) is 18.0 Å². The highest BCUT2D eigenvalue weighted by atomic mass is 19.1.